The number of nitrogens with zero attached hydrogens (tertiary/aromatic N) is 5. The van der Waals surface area contributed by atoms with Crippen molar-refractivity contribution in [1.82, 2.24) is 30.0 Å². The molecule has 1 saturated heterocycles. The molecule has 2 atom stereocenters. The summed E-state index contributed by atoms with van der Waals surface area (Å²) in [5, 5.41) is 10.6. The molecule has 2 aliphatic heterocycles. The number of thiazole rings is 1. The first-order valence-corrected chi connectivity index (χ1v) is 13.9. The van der Waals surface area contributed by atoms with Gasteiger partial charge in [-0.25, -0.2) is 4.98 Å². The molecule has 10 heteroatoms. The van der Waals surface area contributed by atoms with Crippen LogP contribution in [0.1, 0.15) is 49.7 Å². The highest BCUT2D eigenvalue weighted by molar-refractivity contribution is 7.19. The zero-order valence-corrected chi connectivity index (χ0v) is 22.6. The van der Waals surface area contributed by atoms with Crippen molar-refractivity contribution >= 4 is 55.7 Å². The van der Waals surface area contributed by atoms with Crippen LogP contribution < -0.4 is 5.32 Å². The number of carbonyl (C=O) groups is 2. The number of benzene rings is 1. The van der Waals surface area contributed by atoms with Gasteiger partial charge in [0, 0.05) is 19.6 Å². The molecule has 4 aromatic rings. The molecule has 1 fully saturated rings. The summed E-state index contributed by atoms with van der Waals surface area (Å²) in [4.78, 5) is 39.8. The zero-order valence-electron chi connectivity index (χ0n) is 21.8. The van der Waals surface area contributed by atoms with E-state index in [1.807, 2.05) is 0 Å². The molecule has 0 unspecified atom stereocenters. The zero-order chi connectivity index (χ0) is 26.4. The predicted molar refractivity (Wildman–Crippen MR) is 150 cm³/mol. The van der Waals surface area contributed by atoms with Gasteiger partial charge in [-0.05, 0) is 68.5 Å². The summed E-state index contributed by atoms with van der Waals surface area (Å²) in [5.41, 5.74) is 6.56. The first kappa shape index (κ1) is 24.7. The van der Waals surface area contributed by atoms with Crippen LogP contribution in [0.25, 0.3) is 26.8 Å². The van der Waals surface area contributed by atoms with Gasteiger partial charge in [0.1, 0.15) is 10.5 Å². The Hall–Kier alpha value is -3.63. The standard InChI is InChI=1S/C28H31N7O2S/c1-16-4-6-24(35(14-16)28(37)26(36)31-19-11-21-23(29-12-19)13-30-33-21)18-5-7-25-22(10-18)32-27(38-25)20-8-9-34(3)15-17(20)2/h5,7,10-13,16,24H,4,6,8-9,14-15H2,1-3H3,(H,30,33)(H,31,36)/t16-,24+/m0/s1. The lowest BCUT2D eigenvalue weighted by Crippen LogP contribution is -2.46. The van der Waals surface area contributed by atoms with Crippen LogP contribution in [0, 0.1) is 5.92 Å². The van der Waals surface area contributed by atoms with E-state index in [9.17, 15) is 9.59 Å². The molecule has 0 aliphatic carbocycles. The van der Waals surface area contributed by atoms with E-state index in [4.69, 9.17) is 4.98 Å². The van der Waals surface area contributed by atoms with Crippen LogP contribution in [0.4, 0.5) is 5.69 Å². The van der Waals surface area contributed by atoms with Crippen LogP contribution >= 0.6 is 11.3 Å². The fourth-order valence-corrected chi connectivity index (χ4v) is 6.70. The van der Waals surface area contributed by atoms with Crippen LogP contribution in [0.5, 0.6) is 0 Å². The number of nitrogens with one attached hydrogen (secondary N) is 2. The molecule has 2 N–H and O–H groups in total. The molecule has 5 heterocycles. The lowest BCUT2D eigenvalue weighted by atomic mass is 9.89. The second-order valence-electron chi connectivity index (χ2n) is 10.6. The van der Waals surface area contributed by atoms with Crippen molar-refractivity contribution in [1.29, 1.82) is 0 Å². The molecular formula is C28H31N7O2S. The highest BCUT2D eigenvalue weighted by Crippen LogP contribution is 2.37. The average Bonchev–Trinajstić information content (AvgIpc) is 3.54. The van der Waals surface area contributed by atoms with Crippen LogP contribution in [0.3, 0.4) is 0 Å². The van der Waals surface area contributed by atoms with Gasteiger partial charge in [-0.3, -0.25) is 19.7 Å². The summed E-state index contributed by atoms with van der Waals surface area (Å²) < 4.78 is 1.14. The SMILES string of the molecule is CC1=C(c2nc3cc([C@H]4CC[C@H](C)CN4C(=O)C(=O)Nc4cnc5cn[nH]c5c4)ccc3s2)CCN(C)C1. The molecule has 0 radical (unpaired) electrons. The number of fused-ring (bicyclic) bond motifs is 2. The topological polar surface area (TPSA) is 107 Å². The van der Waals surface area contributed by atoms with Gasteiger partial charge in [0.05, 0.1) is 39.9 Å². The quantitative estimate of drug-likeness (QED) is 0.375. The second-order valence-corrected chi connectivity index (χ2v) is 11.7. The Morgan fingerprint density at radius 3 is 2.87 bits per heavy atom. The van der Waals surface area contributed by atoms with Gasteiger partial charge in [-0.15, -0.1) is 11.3 Å². The van der Waals surface area contributed by atoms with Gasteiger partial charge in [-0.1, -0.05) is 18.6 Å². The number of aromatic nitrogens is 4. The fourth-order valence-electron chi connectivity index (χ4n) is 5.60. The lowest BCUT2D eigenvalue weighted by Gasteiger charge is -2.38. The maximum absolute atomic E-state index is 13.4. The number of hydrogen-bond acceptors (Lipinski definition) is 7. The summed E-state index contributed by atoms with van der Waals surface area (Å²) in [6, 6.07) is 7.87. The normalized spacial score (nSPS) is 20.9. The van der Waals surface area contributed by atoms with Crippen molar-refractivity contribution in [2.75, 3.05) is 32.0 Å². The number of carbonyl (C=O) groups excluding carboxylic acids is 2. The number of hydrogen-bond donors (Lipinski definition) is 2. The molecule has 3 aromatic heterocycles. The van der Waals surface area contributed by atoms with E-state index in [-0.39, 0.29) is 6.04 Å². The van der Waals surface area contributed by atoms with Crippen LogP contribution in [0.2, 0.25) is 0 Å². The Morgan fingerprint density at radius 2 is 2.03 bits per heavy atom. The number of H-pyrrole nitrogens is 1. The summed E-state index contributed by atoms with van der Waals surface area (Å²) in [6.45, 7) is 6.87. The minimum absolute atomic E-state index is 0.170. The van der Waals surface area contributed by atoms with E-state index in [0.29, 0.717) is 29.2 Å². The molecule has 2 aliphatic rings. The molecule has 38 heavy (non-hydrogen) atoms. The average molecular weight is 530 g/mol. The number of likely N-dealkylation sites (tertiary alicyclic amines) is 1. The minimum atomic E-state index is -0.661. The Balaban J connectivity index is 1.25. The molecule has 2 amide bonds. The van der Waals surface area contributed by atoms with E-state index in [2.05, 4.69) is 64.5 Å². The highest BCUT2D eigenvalue weighted by atomic mass is 32.1. The molecule has 0 spiro atoms. The third-order valence-electron chi connectivity index (χ3n) is 7.64. The molecule has 6 rings (SSSR count). The summed E-state index contributed by atoms with van der Waals surface area (Å²) in [6.07, 6.45) is 5.96. The molecule has 0 saturated carbocycles. The number of aromatic amines is 1. The number of pyridine rings is 1. The first-order chi connectivity index (χ1) is 18.4. The van der Waals surface area contributed by atoms with Crippen molar-refractivity contribution in [3.05, 3.63) is 52.8 Å². The fraction of sp³-hybridized carbons (Fsp3) is 0.393. The van der Waals surface area contributed by atoms with Gasteiger partial charge < -0.3 is 15.1 Å². The number of likely N-dealkylation sites (N-methyl/N-ethyl adjacent to an activating group) is 1. The Bertz CT molecular complexity index is 1570. The van der Waals surface area contributed by atoms with E-state index in [0.717, 1.165) is 53.1 Å². The minimum Gasteiger partial charge on any atom is -0.327 e. The van der Waals surface area contributed by atoms with Crippen molar-refractivity contribution in [3.63, 3.8) is 0 Å². The summed E-state index contributed by atoms with van der Waals surface area (Å²) in [7, 11) is 2.15. The first-order valence-electron chi connectivity index (χ1n) is 13.0. The molecular weight excluding hydrogens is 498 g/mol. The van der Waals surface area contributed by atoms with Crippen molar-refractivity contribution in [3.8, 4) is 0 Å². The smallest absolute Gasteiger partial charge is 0.313 e. The Kier molecular flexibility index (Phi) is 6.45. The number of anilines is 1. The predicted octanol–water partition coefficient (Wildman–Crippen LogP) is 4.61. The second kappa shape index (κ2) is 9.92. The van der Waals surface area contributed by atoms with Crippen molar-refractivity contribution in [2.24, 2.45) is 5.92 Å². The van der Waals surface area contributed by atoms with Gasteiger partial charge in [-0.2, -0.15) is 5.10 Å². The highest BCUT2D eigenvalue weighted by Gasteiger charge is 2.34. The van der Waals surface area contributed by atoms with Crippen LogP contribution in [-0.4, -0.2) is 68.5 Å². The number of piperidine rings is 1. The van der Waals surface area contributed by atoms with E-state index >= 15 is 0 Å². The largest absolute Gasteiger partial charge is 0.327 e. The molecule has 196 valence electrons. The summed E-state index contributed by atoms with van der Waals surface area (Å²) in [5.74, 6) is -0.871. The van der Waals surface area contributed by atoms with Gasteiger partial charge in [0.25, 0.3) is 0 Å². The molecule has 0 bridgehead atoms. The Morgan fingerprint density at radius 1 is 1.16 bits per heavy atom. The van der Waals surface area contributed by atoms with Crippen molar-refractivity contribution in [2.45, 2.75) is 39.2 Å². The van der Waals surface area contributed by atoms with Gasteiger partial charge >= 0.3 is 11.8 Å². The lowest BCUT2D eigenvalue weighted by molar-refractivity contribution is -0.146. The van der Waals surface area contributed by atoms with Crippen molar-refractivity contribution < 1.29 is 9.59 Å². The monoisotopic (exact) mass is 529 g/mol. The summed E-state index contributed by atoms with van der Waals surface area (Å²) >= 11 is 1.73. The van der Waals surface area contributed by atoms with Gasteiger partial charge in [0.15, 0.2) is 0 Å². The molecule has 1 aromatic carbocycles. The number of rotatable bonds is 3. The van der Waals surface area contributed by atoms with Gasteiger partial charge in [0.2, 0.25) is 0 Å². The van der Waals surface area contributed by atoms with E-state index in [1.54, 1.807) is 28.5 Å². The maximum Gasteiger partial charge on any atom is 0.313 e. The van der Waals surface area contributed by atoms with Crippen LogP contribution in [0.15, 0.2) is 42.2 Å². The van der Waals surface area contributed by atoms with E-state index in [1.165, 1.54) is 17.3 Å². The Labute approximate surface area is 224 Å². The third kappa shape index (κ3) is 4.69. The maximum atomic E-state index is 13.4. The third-order valence-corrected chi connectivity index (χ3v) is 8.74. The number of amides is 2. The van der Waals surface area contributed by atoms with Crippen LogP contribution in [-0.2, 0) is 9.59 Å². The van der Waals surface area contributed by atoms with E-state index < -0.39 is 11.8 Å². The molecule has 9 nitrogen and oxygen atoms in total.